The third kappa shape index (κ3) is 2.37. The van der Waals surface area contributed by atoms with E-state index in [0.29, 0.717) is 11.3 Å². The second-order valence-electron chi connectivity index (χ2n) is 3.49. The zero-order valence-electron chi connectivity index (χ0n) is 9.45. The number of carbonyl (C=O) groups is 1. The van der Waals surface area contributed by atoms with E-state index in [1.54, 1.807) is 6.07 Å². The first-order valence-electron chi connectivity index (χ1n) is 5.04. The molecular weight excluding hydrogens is 238 g/mol. The summed E-state index contributed by atoms with van der Waals surface area (Å²) >= 11 is 0. The van der Waals surface area contributed by atoms with Gasteiger partial charge in [-0.15, -0.1) is 0 Å². The first-order chi connectivity index (χ1) is 8.60. The van der Waals surface area contributed by atoms with Gasteiger partial charge < -0.3 is 9.47 Å². The maximum atomic E-state index is 10.8. The number of carbonyl (C=O) groups excluding carboxylic acids is 1. The normalized spacial score (nSPS) is 15.8. The van der Waals surface area contributed by atoms with E-state index < -0.39 is 10.9 Å². The maximum Gasteiger partial charge on any atom is 0.336 e. The van der Waals surface area contributed by atoms with Crippen LogP contribution in [0.2, 0.25) is 0 Å². The number of benzene rings is 1. The van der Waals surface area contributed by atoms with Crippen molar-refractivity contribution in [3.05, 3.63) is 51.8 Å². The average molecular weight is 247 g/mol. The van der Waals surface area contributed by atoms with Crippen molar-refractivity contribution in [1.29, 1.82) is 0 Å². The number of nitro benzene ring substituents is 1. The van der Waals surface area contributed by atoms with Gasteiger partial charge in [-0.3, -0.25) is 10.1 Å². The molecule has 0 N–H and O–H groups in total. The number of allylic oxidation sites excluding steroid dienone is 1. The minimum Gasteiger partial charge on any atom is -0.490 e. The molecule has 1 heterocycles. The molecule has 1 aliphatic rings. The van der Waals surface area contributed by atoms with Crippen LogP contribution >= 0.6 is 0 Å². The van der Waals surface area contributed by atoms with Gasteiger partial charge in [-0.25, -0.2) is 4.79 Å². The molecule has 0 aromatic heterocycles. The molecule has 6 nitrogen and oxygen atoms in total. The van der Waals surface area contributed by atoms with Crippen molar-refractivity contribution < 1.29 is 19.2 Å². The van der Waals surface area contributed by atoms with E-state index in [1.165, 1.54) is 37.5 Å². The van der Waals surface area contributed by atoms with Gasteiger partial charge in [-0.05, 0) is 23.8 Å². The van der Waals surface area contributed by atoms with Crippen LogP contribution in [0.5, 0.6) is 5.75 Å². The Morgan fingerprint density at radius 1 is 1.39 bits per heavy atom. The summed E-state index contributed by atoms with van der Waals surface area (Å²) in [5, 5.41) is 10.8. The lowest BCUT2D eigenvalue weighted by Crippen LogP contribution is -1.94. The Kier molecular flexibility index (Phi) is 3.09. The van der Waals surface area contributed by atoms with E-state index in [0.717, 1.165) is 0 Å². The third-order valence-corrected chi connectivity index (χ3v) is 2.31. The van der Waals surface area contributed by atoms with Crippen LogP contribution in [-0.2, 0) is 9.53 Å². The lowest BCUT2D eigenvalue weighted by atomic mass is 10.1. The topological polar surface area (TPSA) is 78.7 Å². The zero-order valence-corrected chi connectivity index (χ0v) is 9.45. The molecule has 0 unspecified atom stereocenters. The molecule has 0 radical (unpaired) electrons. The summed E-state index contributed by atoms with van der Waals surface area (Å²) in [5.41, 5.74) is 0.414. The number of ether oxygens (including phenoxy) is 2. The molecule has 0 atom stereocenters. The van der Waals surface area contributed by atoms with Crippen LogP contribution < -0.4 is 4.74 Å². The van der Waals surface area contributed by atoms with Gasteiger partial charge in [-0.2, -0.15) is 0 Å². The van der Waals surface area contributed by atoms with Crippen molar-refractivity contribution in [2.24, 2.45) is 0 Å². The van der Waals surface area contributed by atoms with E-state index in [2.05, 4.69) is 0 Å². The van der Waals surface area contributed by atoms with Crippen LogP contribution in [0, 0.1) is 10.1 Å². The number of hydrogen-bond donors (Lipinski definition) is 0. The average Bonchev–Trinajstić information content (AvgIpc) is 2.74. The maximum absolute atomic E-state index is 10.8. The van der Waals surface area contributed by atoms with Crippen molar-refractivity contribution in [3.63, 3.8) is 0 Å². The molecule has 0 saturated carbocycles. The number of cyclic esters (lactones) is 1. The molecule has 92 valence electrons. The second kappa shape index (κ2) is 4.70. The van der Waals surface area contributed by atoms with E-state index >= 15 is 0 Å². The summed E-state index contributed by atoms with van der Waals surface area (Å²) < 4.78 is 9.72. The zero-order chi connectivity index (χ0) is 13.1. The molecule has 0 fully saturated rings. The fourth-order valence-corrected chi connectivity index (χ4v) is 1.52. The number of rotatable bonds is 3. The number of methoxy groups -OCH3 is 1. The van der Waals surface area contributed by atoms with Crippen molar-refractivity contribution >= 4 is 17.7 Å². The van der Waals surface area contributed by atoms with Crippen LogP contribution in [0.25, 0.3) is 6.08 Å². The highest BCUT2D eigenvalue weighted by atomic mass is 16.6. The van der Waals surface area contributed by atoms with E-state index in [9.17, 15) is 14.9 Å². The third-order valence-electron chi connectivity index (χ3n) is 2.31. The van der Waals surface area contributed by atoms with E-state index in [4.69, 9.17) is 9.47 Å². The van der Waals surface area contributed by atoms with Gasteiger partial charge in [0.1, 0.15) is 5.76 Å². The Balaban J connectivity index is 2.36. The summed E-state index contributed by atoms with van der Waals surface area (Å²) in [6.45, 7) is 0. The molecule has 0 bridgehead atoms. The van der Waals surface area contributed by atoms with Crippen LogP contribution in [0.3, 0.4) is 0 Å². The molecule has 0 spiro atoms. The Morgan fingerprint density at radius 3 is 2.72 bits per heavy atom. The van der Waals surface area contributed by atoms with Gasteiger partial charge in [0.25, 0.3) is 0 Å². The first kappa shape index (κ1) is 11.8. The van der Waals surface area contributed by atoms with Gasteiger partial charge in [-0.1, -0.05) is 6.07 Å². The molecule has 0 saturated heterocycles. The fraction of sp³-hybridized carbons (Fsp3) is 0.0833. The monoisotopic (exact) mass is 247 g/mol. The second-order valence-corrected chi connectivity index (χ2v) is 3.49. The van der Waals surface area contributed by atoms with Crippen LogP contribution in [-0.4, -0.2) is 18.0 Å². The molecule has 1 aliphatic heterocycles. The summed E-state index contributed by atoms with van der Waals surface area (Å²) in [5.74, 6) is 0.0739. The number of nitrogens with zero attached hydrogens (tertiary/aromatic N) is 1. The minimum atomic E-state index is -0.530. The summed E-state index contributed by atoms with van der Waals surface area (Å²) in [6, 6.07) is 4.48. The van der Waals surface area contributed by atoms with Crippen molar-refractivity contribution in [2.75, 3.05) is 7.11 Å². The Bertz CT molecular complexity index is 574. The Labute approximate surface area is 102 Å². The fourth-order valence-electron chi connectivity index (χ4n) is 1.52. The molecule has 0 aliphatic carbocycles. The Hall–Kier alpha value is -2.63. The Morgan fingerprint density at radius 2 is 2.17 bits per heavy atom. The smallest absolute Gasteiger partial charge is 0.336 e. The largest absolute Gasteiger partial charge is 0.490 e. The first-order valence-corrected chi connectivity index (χ1v) is 5.04. The minimum absolute atomic E-state index is 0.139. The van der Waals surface area contributed by atoms with Gasteiger partial charge >= 0.3 is 11.7 Å². The molecular formula is C12H9NO5. The predicted molar refractivity (Wildman–Crippen MR) is 62.9 cm³/mol. The molecule has 0 amide bonds. The molecule has 18 heavy (non-hydrogen) atoms. The highest BCUT2D eigenvalue weighted by Gasteiger charge is 2.15. The van der Waals surface area contributed by atoms with Crippen LogP contribution in [0.15, 0.2) is 36.1 Å². The summed E-state index contributed by atoms with van der Waals surface area (Å²) in [7, 11) is 1.36. The highest BCUT2D eigenvalue weighted by Crippen LogP contribution is 2.28. The predicted octanol–water partition coefficient (Wildman–Crippen LogP) is 2.06. The highest BCUT2D eigenvalue weighted by molar-refractivity contribution is 5.87. The SMILES string of the molecule is COc1ccc(/C=C2/C=CC(=O)O2)cc1[N+](=O)[O-]. The van der Waals surface area contributed by atoms with Crippen molar-refractivity contribution in [1.82, 2.24) is 0 Å². The van der Waals surface area contributed by atoms with Crippen molar-refractivity contribution in [2.45, 2.75) is 0 Å². The van der Waals surface area contributed by atoms with Crippen LogP contribution in [0.1, 0.15) is 5.56 Å². The van der Waals surface area contributed by atoms with Crippen molar-refractivity contribution in [3.8, 4) is 5.75 Å². The molecule has 6 heteroatoms. The van der Waals surface area contributed by atoms with Crippen LogP contribution in [0.4, 0.5) is 5.69 Å². The van der Waals surface area contributed by atoms with Gasteiger partial charge in [0.05, 0.1) is 12.0 Å². The number of nitro groups is 1. The van der Waals surface area contributed by atoms with Gasteiger partial charge in [0.2, 0.25) is 0 Å². The number of esters is 1. The molecule has 2 rings (SSSR count). The van der Waals surface area contributed by atoms with Gasteiger partial charge in [0.15, 0.2) is 5.75 Å². The summed E-state index contributed by atoms with van der Waals surface area (Å²) in [4.78, 5) is 21.1. The quantitative estimate of drug-likeness (QED) is 0.464. The lowest BCUT2D eigenvalue weighted by Gasteiger charge is -2.02. The molecule has 1 aromatic rings. The van der Waals surface area contributed by atoms with E-state index in [1.807, 2.05) is 0 Å². The summed E-state index contributed by atoms with van der Waals surface area (Å²) in [6.07, 6.45) is 4.32. The standard InChI is InChI=1S/C12H9NO5/c1-17-11-4-2-8(7-10(11)13(15)16)6-9-3-5-12(14)18-9/h2-7H,1H3/b9-6-. The number of hydrogen-bond acceptors (Lipinski definition) is 5. The molecule has 1 aromatic carbocycles. The van der Waals surface area contributed by atoms with Gasteiger partial charge in [0, 0.05) is 12.1 Å². The van der Waals surface area contributed by atoms with E-state index in [-0.39, 0.29) is 11.4 Å². The lowest BCUT2D eigenvalue weighted by molar-refractivity contribution is -0.385.